The zero-order valence-corrected chi connectivity index (χ0v) is 19.0. The fraction of sp³-hybridized carbons (Fsp3) is 0.227. The van der Waals surface area contributed by atoms with Crippen molar-refractivity contribution in [2.45, 2.75) is 25.5 Å². The lowest BCUT2D eigenvalue weighted by Gasteiger charge is -2.19. The molecule has 174 valence electrons. The highest BCUT2D eigenvalue weighted by molar-refractivity contribution is 7.17. The number of benzene rings is 1. The molecule has 12 heteroatoms. The van der Waals surface area contributed by atoms with Crippen molar-refractivity contribution in [1.29, 1.82) is 0 Å². The van der Waals surface area contributed by atoms with E-state index in [1.165, 1.54) is 13.2 Å². The maximum atomic E-state index is 12.8. The summed E-state index contributed by atoms with van der Waals surface area (Å²) in [5.41, 5.74) is 2.10. The number of aliphatic hydroxyl groups excluding tert-OH is 1. The average molecular weight is 481 g/mol. The molecular weight excluding hydrogens is 460 g/mol. The minimum atomic E-state index is -0.826. The molecule has 11 nitrogen and oxygen atoms in total. The summed E-state index contributed by atoms with van der Waals surface area (Å²) in [6, 6.07) is 10.3. The third-order valence-electron chi connectivity index (χ3n) is 5.52. The first-order valence-electron chi connectivity index (χ1n) is 10.3. The van der Waals surface area contributed by atoms with Crippen LogP contribution in [0.3, 0.4) is 0 Å². The standard InChI is InChI=1S/C22H20N6O5S/c1-11-7-8-23-28(11)22-27-26-21(34-22)25-19(30)16-10-15(18(32-2)20(31)33-16)24-14-9-12-5-3-4-6-13(12)17(14)29/h3-8,10,14,17,24,29H,9H2,1-2H3,(H,25,26,30)/t14-,17+/m1/s1. The molecule has 0 saturated carbocycles. The summed E-state index contributed by atoms with van der Waals surface area (Å²) < 4.78 is 12.0. The number of methoxy groups -OCH3 is 1. The number of carbonyl (C=O) groups is 1. The summed E-state index contributed by atoms with van der Waals surface area (Å²) in [5, 5.41) is 29.3. The van der Waals surface area contributed by atoms with Crippen molar-refractivity contribution in [3.05, 3.63) is 75.6 Å². The number of rotatable bonds is 6. The van der Waals surface area contributed by atoms with Crippen LogP contribution in [-0.4, -0.2) is 44.1 Å². The molecule has 3 N–H and O–H groups in total. The molecule has 0 saturated heterocycles. The van der Waals surface area contributed by atoms with E-state index >= 15 is 0 Å². The van der Waals surface area contributed by atoms with Gasteiger partial charge in [-0.15, -0.1) is 10.2 Å². The Kier molecular flexibility index (Phi) is 5.59. The average Bonchev–Trinajstić information content (AvgIpc) is 3.53. The van der Waals surface area contributed by atoms with Crippen LogP contribution >= 0.6 is 11.3 Å². The van der Waals surface area contributed by atoms with E-state index in [1.54, 1.807) is 10.9 Å². The monoisotopic (exact) mass is 480 g/mol. The molecule has 1 aliphatic rings. The van der Waals surface area contributed by atoms with Crippen molar-refractivity contribution >= 4 is 28.1 Å². The molecule has 0 fully saturated rings. The molecule has 3 heterocycles. The Hall–Kier alpha value is -4.03. The molecule has 1 aliphatic carbocycles. The van der Waals surface area contributed by atoms with Gasteiger partial charge in [-0.2, -0.15) is 5.10 Å². The molecular formula is C22H20N6O5S. The summed E-state index contributed by atoms with van der Waals surface area (Å²) in [4.78, 5) is 25.3. The van der Waals surface area contributed by atoms with Crippen LogP contribution in [0.25, 0.3) is 5.13 Å². The van der Waals surface area contributed by atoms with Crippen LogP contribution in [0.4, 0.5) is 10.8 Å². The normalized spacial score (nSPS) is 16.8. The van der Waals surface area contributed by atoms with E-state index in [0.717, 1.165) is 28.2 Å². The first kappa shape index (κ1) is 21.8. The summed E-state index contributed by atoms with van der Waals surface area (Å²) in [7, 11) is 1.33. The second kappa shape index (κ2) is 8.72. The zero-order valence-electron chi connectivity index (χ0n) is 18.2. The van der Waals surface area contributed by atoms with Gasteiger partial charge in [0.2, 0.25) is 16.0 Å². The zero-order chi connectivity index (χ0) is 23.8. The largest absolute Gasteiger partial charge is 0.488 e. The van der Waals surface area contributed by atoms with Crippen molar-refractivity contribution in [3.63, 3.8) is 0 Å². The van der Waals surface area contributed by atoms with E-state index in [0.29, 0.717) is 11.6 Å². The van der Waals surface area contributed by atoms with E-state index < -0.39 is 23.7 Å². The number of aliphatic hydroxyl groups is 1. The maximum Gasteiger partial charge on any atom is 0.381 e. The van der Waals surface area contributed by atoms with E-state index in [2.05, 4.69) is 25.9 Å². The second-order valence-corrected chi connectivity index (χ2v) is 8.63. The second-order valence-electron chi connectivity index (χ2n) is 7.67. The Labute approximate surface area is 197 Å². The van der Waals surface area contributed by atoms with Crippen LogP contribution in [-0.2, 0) is 6.42 Å². The minimum Gasteiger partial charge on any atom is -0.488 e. The lowest BCUT2D eigenvalue weighted by Crippen LogP contribution is -2.26. The van der Waals surface area contributed by atoms with E-state index in [9.17, 15) is 14.7 Å². The topological polar surface area (TPSA) is 144 Å². The quantitative estimate of drug-likeness (QED) is 0.379. The number of hydrogen-bond donors (Lipinski definition) is 3. The predicted molar refractivity (Wildman–Crippen MR) is 124 cm³/mol. The van der Waals surface area contributed by atoms with Gasteiger partial charge in [0.25, 0.3) is 5.91 Å². The SMILES string of the molecule is COc1c(N[C@@H]2Cc3ccccc3[C@@H]2O)cc(C(=O)Nc2nnc(-n3nccc3C)s2)oc1=O. The summed E-state index contributed by atoms with van der Waals surface area (Å²) in [6.45, 7) is 1.87. The van der Waals surface area contributed by atoms with Crippen molar-refractivity contribution in [1.82, 2.24) is 20.0 Å². The molecule has 5 rings (SSSR count). The van der Waals surface area contributed by atoms with Gasteiger partial charge in [0.15, 0.2) is 5.76 Å². The fourth-order valence-corrected chi connectivity index (χ4v) is 4.64. The van der Waals surface area contributed by atoms with Crippen LogP contribution in [0, 0.1) is 6.92 Å². The summed E-state index contributed by atoms with van der Waals surface area (Å²) >= 11 is 1.12. The number of nitrogens with zero attached hydrogens (tertiary/aromatic N) is 4. The third-order valence-corrected chi connectivity index (χ3v) is 6.33. The van der Waals surface area contributed by atoms with E-state index in [-0.39, 0.29) is 22.3 Å². The highest BCUT2D eigenvalue weighted by Gasteiger charge is 2.32. The summed E-state index contributed by atoms with van der Waals surface area (Å²) in [5.74, 6) is -1.02. The maximum absolute atomic E-state index is 12.8. The Morgan fingerprint density at radius 1 is 1.29 bits per heavy atom. The van der Waals surface area contributed by atoms with E-state index in [4.69, 9.17) is 9.15 Å². The molecule has 0 spiro atoms. The van der Waals surface area contributed by atoms with Crippen LogP contribution in [0.1, 0.15) is 33.5 Å². The molecule has 3 aromatic heterocycles. The predicted octanol–water partition coefficient (Wildman–Crippen LogP) is 2.32. The van der Waals surface area contributed by atoms with Gasteiger partial charge in [-0.1, -0.05) is 35.6 Å². The van der Waals surface area contributed by atoms with Crippen LogP contribution in [0.5, 0.6) is 5.75 Å². The number of anilines is 2. The number of aryl methyl sites for hydroxylation is 1. The Balaban J connectivity index is 1.38. The van der Waals surface area contributed by atoms with Gasteiger partial charge in [-0.05, 0) is 30.5 Å². The van der Waals surface area contributed by atoms with Gasteiger partial charge < -0.3 is 19.6 Å². The molecule has 34 heavy (non-hydrogen) atoms. The van der Waals surface area contributed by atoms with Crippen molar-refractivity contribution in [2.24, 2.45) is 0 Å². The molecule has 0 bridgehead atoms. The van der Waals surface area contributed by atoms with Crippen molar-refractivity contribution < 1.29 is 19.1 Å². The van der Waals surface area contributed by atoms with Crippen molar-refractivity contribution in [3.8, 4) is 10.9 Å². The molecule has 0 radical (unpaired) electrons. The Bertz CT molecular complexity index is 1430. The highest BCUT2D eigenvalue weighted by Crippen LogP contribution is 2.34. The van der Waals surface area contributed by atoms with Gasteiger partial charge in [0.05, 0.1) is 24.9 Å². The number of hydrogen-bond acceptors (Lipinski definition) is 10. The number of nitrogens with one attached hydrogen (secondary N) is 2. The first-order chi connectivity index (χ1) is 16.4. The van der Waals surface area contributed by atoms with Crippen LogP contribution in [0.2, 0.25) is 0 Å². The fourth-order valence-electron chi connectivity index (χ4n) is 3.88. The van der Waals surface area contributed by atoms with Gasteiger partial charge in [0, 0.05) is 18.0 Å². The molecule has 0 unspecified atom stereocenters. The molecule has 1 amide bonds. The molecule has 4 aromatic rings. The number of carbonyl (C=O) groups excluding carboxylic acids is 1. The third kappa shape index (κ3) is 3.93. The van der Waals surface area contributed by atoms with Gasteiger partial charge >= 0.3 is 5.63 Å². The Morgan fingerprint density at radius 2 is 2.12 bits per heavy atom. The van der Waals surface area contributed by atoms with Gasteiger partial charge in [-0.3, -0.25) is 10.1 Å². The highest BCUT2D eigenvalue weighted by atomic mass is 32.1. The van der Waals surface area contributed by atoms with Crippen molar-refractivity contribution in [2.75, 3.05) is 17.7 Å². The van der Waals surface area contributed by atoms with Crippen LogP contribution < -0.4 is 21.0 Å². The molecule has 1 aromatic carbocycles. The molecule has 0 aliphatic heterocycles. The van der Waals surface area contributed by atoms with Crippen LogP contribution in [0.15, 0.2) is 51.8 Å². The first-order valence-corrected chi connectivity index (χ1v) is 11.2. The van der Waals surface area contributed by atoms with Gasteiger partial charge in [-0.25, -0.2) is 9.48 Å². The minimum absolute atomic E-state index is 0.0907. The smallest absolute Gasteiger partial charge is 0.381 e. The van der Waals surface area contributed by atoms with E-state index in [1.807, 2.05) is 37.3 Å². The number of fused-ring (bicyclic) bond motifs is 1. The van der Waals surface area contributed by atoms with Gasteiger partial charge in [0.1, 0.15) is 0 Å². The number of aromatic nitrogens is 4. The lowest BCUT2D eigenvalue weighted by atomic mass is 10.1. The lowest BCUT2D eigenvalue weighted by molar-refractivity contribution is 0.0991. The Morgan fingerprint density at radius 3 is 2.85 bits per heavy atom. The molecule has 2 atom stereocenters. The number of amides is 1. The number of ether oxygens (including phenoxy) is 1. The summed E-state index contributed by atoms with van der Waals surface area (Å²) in [6.07, 6.45) is 1.40.